The van der Waals surface area contributed by atoms with Gasteiger partial charge in [0.05, 0.1) is 15.2 Å². The Hall–Kier alpha value is -5.11. The smallest absolute Gasteiger partial charge is 0.407 e. The number of hydrogen-bond acceptors (Lipinski definition) is 10. The molecule has 2 heterocycles. The van der Waals surface area contributed by atoms with E-state index in [2.05, 4.69) is 30.7 Å². The lowest BCUT2D eigenvalue weighted by atomic mass is 9.81. The van der Waals surface area contributed by atoms with E-state index < -0.39 is 48.2 Å². The number of carbonyl (C=O) groups excluding carboxylic acids is 4. The van der Waals surface area contributed by atoms with Crippen LogP contribution in [0.4, 0.5) is 16.2 Å². The lowest BCUT2D eigenvalue weighted by Gasteiger charge is -2.27. The van der Waals surface area contributed by atoms with Gasteiger partial charge in [-0.3, -0.25) is 23.5 Å². The molecule has 2 aromatic carbocycles. The lowest BCUT2D eigenvalue weighted by molar-refractivity contribution is -0.438. The molecule has 0 aromatic heterocycles. The number of alkyl carbamates (subject to hydrolysis) is 1. The van der Waals surface area contributed by atoms with Crippen LogP contribution in [0.15, 0.2) is 70.1 Å². The minimum absolute atomic E-state index is 0.0374. The maximum absolute atomic E-state index is 12.6. The molecule has 0 saturated heterocycles. The topological polar surface area (TPSA) is 241 Å². The van der Waals surface area contributed by atoms with Gasteiger partial charge in [-0.1, -0.05) is 47.1 Å². The summed E-state index contributed by atoms with van der Waals surface area (Å²) in [4.78, 5) is 50.9. The third-order valence-electron chi connectivity index (χ3n) is 12.4. The van der Waals surface area contributed by atoms with Crippen LogP contribution in [0.2, 0.25) is 0 Å². The van der Waals surface area contributed by atoms with E-state index in [0.29, 0.717) is 84.2 Å². The average molecular weight is 1010 g/mol. The van der Waals surface area contributed by atoms with Crippen LogP contribution >= 0.6 is 0 Å². The number of carbonyl (C=O) groups is 4. The van der Waals surface area contributed by atoms with E-state index in [0.717, 1.165) is 53.2 Å². The molecule has 0 bridgehead atoms. The van der Waals surface area contributed by atoms with Crippen LogP contribution in [0.25, 0.3) is 0 Å². The molecule has 6 N–H and O–H groups in total. The van der Waals surface area contributed by atoms with Crippen LogP contribution < -0.4 is 26.2 Å². The number of nitrogens with zero attached hydrogens (tertiary/aromatic N) is 2. The molecule has 0 atom stereocenters. The Morgan fingerprint density at radius 1 is 0.671 bits per heavy atom. The highest BCUT2D eigenvalue weighted by molar-refractivity contribution is 7.86. The zero-order valence-electron chi connectivity index (χ0n) is 42.8. The third-order valence-corrected chi connectivity index (χ3v) is 14.1. The Morgan fingerprint density at radius 3 is 1.76 bits per heavy atom. The fraction of sp³-hybridized carbons (Fsp3) is 0.588. The molecule has 2 aromatic rings. The molecule has 70 heavy (non-hydrogen) atoms. The molecule has 0 saturated carbocycles. The van der Waals surface area contributed by atoms with Crippen LogP contribution in [0.5, 0.6) is 0 Å². The first-order chi connectivity index (χ1) is 32.4. The van der Waals surface area contributed by atoms with Crippen molar-refractivity contribution in [3.05, 3.63) is 71.5 Å². The molecule has 0 unspecified atom stereocenters. The van der Waals surface area contributed by atoms with Crippen molar-refractivity contribution in [2.75, 3.05) is 44.2 Å². The SMILES string of the molecule is CC(C)(C)OC(=O)NCCCNC(=O)CCCCCN1/C(=C/C=C/C2=[N+](CCCCCC(=O)NCCCNC(=O)C(C)(C)C)c3ccc(S(=O)(=O)O)cc3C2(C)C)C(C)(C)c2cc(S(=O)(=O)O)ccc21. The minimum Gasteiger partial charge on any atom is -0.444 e. The van der Waals surface area contributed by atoms with Crippen LogP contribution in [0.3, 0.4) is 0 Å². The molecule has 4 rings (SSSR count). The summed E-state index contributed by atoms with van der Waals surface area (Å²) in [5, 5.41) is 11.4. The van der Waals surface area contributed by atoms with Crippen LogP contribution in [0.1, 0.15) is 145 Å². The zero-order chi connectivity index (χ0) is 52.3. The second-order valence-electron chi connectivity index (χ2n) is 21.1. The van der Waals surface area contributed by atoms with Gasteiger partial charge in [-0.2, -0.15) is 21.4 Å². The summed E-state index contributed by atoms with van der Waals surface area (Å²) in [6.45, 7) is 21.7. The number of nitrogens with one attached hydrogen (secondary N) is 4. The van der Waals surface area contributed by atoms with Crippen molar-refractivity contribution in [2.24, 2.45) is 5.41 Å². The van der Waals surface area contributed by atoms with Crippen LogP contribution in [0, 0.1) is 5.41 Å². The number of ether oxygens (including phenoxy) is 1. The molecule has 2 aliphatic rings. The first-order valence-electron chi connectivity index (χ1n) is 24.3. The Morgan fingerprint density at radius 2 is 1.20 bits per heavy atom. The summed E-state index contributed by atoms with van der Waals surface area (Å²) in [6.07, 6.45) is 11.5. The first-order valence-corrected chi connectivity index (χ1v) is 27.2. The zero-order valence-corrected chi connectivity index (χ0v) is 44.4. The van der Waals surface area contributed by atoms with Gasteiger partial charge in [0.15, 0.2) is 5.71 Å². The Bertz CT molecular complexity index is 2550. The van der Waals surface area contributed by atoms with Crippen molar-refractivity contribution in [2.45, 2.75) is 160 Å². The van der Waals surface area contributed by atoms with Crippen molar-refractivity contribution in [1.82, 2.24) is 21.3 Å². The fourth-order valence-electron chi connectivity index (χ4n) is 8.59. The molecule has 0 aliphatic carbocycles. The summed E-state index contributed by atoms with van der Waals surface area (Å²) in [6, 6.07) is 9.21. The number of benzene rings is 2. The first kappa shape index (κ1) is 57.5. The van der Waals surface area contributed by atoms with Crippen LogP contribution in [-0.4, -0.2) is 105 Å². The number of anilines is 1. The summed E-state index contributed by atoms with van der Waals surface area (Å²) >= 11 is 0. The monoisotopic (exact) mass is 1010 g/mol. The third kappa shape index (κ3) is 16.2. The Kier molecular flexibility index (Phi) is 19.6. The van der Waals surface area contributed by atoms with E-state index in [1.54, 1.807) is 32.9 Å². The molecule has 0 fully saturated rings. The van der Waals surface area contributed by atoms with Gasteiger partial charge in [-0.05, 0) is 115 Å². The van der Waals surface area contributed by atoms with Crippen molar-refractivity contribution >= 4 is 61.1 Å². The number of allylic oxidation sites excluding steroid dienone is 4. The van der Waals surface area contributed by atoms with Crippen molar-refractivity contribution in [3.63, 3.8) is 0 Å². The Balaban J connectivity index is 1.48. The van der Waals surface area contributed by atoms with Gasteiger partial charge in [0.25, 0.3) is 20.2 Å². The molecule has 17 nitrogen and oxygen atoms in total. The highest BCUT2D eigenvalue weighted by Gasteiger charge is 2.45. The number of fused-ring (bicyclic) bond motifs is 2. The molecular weight excluding hydrogens is 937 g/mol. The largest absolute Gasteiger partial charge is 0.444 e. The number of unbranched alkanes of at least 4 members (excludes halogenated alkanes) is 4. The van der Waals surface area contributed by atoms with E-state index in [9.17, 15) is 45.1 Å². The summed E-state index contributed by atoms with van der Waals surface area (Å²) < 4.78 is 76.4. The van der Waals surface area contributed by atoms with Gasteiger partial charge >= 0.3 is 6.09 Å². The lowest BCUT2D eigenvalue weighted by Crippen LogP contribution is -2.36. The molecule has 388 valence electrons. The fourth-order valence-corrected chi connectivity index (χ4v) is 9.60. The number of amides is 4. The van der Waals surface area contributed by atoms with Gasteiger partial charge in [0, 0.05) is 91.9 Å². The highest BCUT2D eigenvalue weighted by Crippen LogP contribution is 2.49. The second-order valence-corrected chi connectivity index (χ2v) is 24.0. The summed E-state index contributed by atoms with van der Waals surface area (Å²) in [7, 11) is -8.97. The normalized spacial score (nSPS) is 16.1. The molecule has 19 heteroatoms. The average Bonchev–Trinajstić information content (AvgIpc) is 3.58. The van der Waals surface area contributed by atoms with E-state index in [1.165, 1.54) is 24.3 Å². The Labute approximate surface area is 415 Å². The van der Waals surface area contributed by atoms with E-state index in [-0.39, 0.29) is 27.5 Å². The maximum Gasteiger partial charge on any atom is 0.407 e. The minimum atomic E-state index is -4.48. The van der Waals surface area contributed by atoms with Crippen molar-refractivity contribution < 1.29 is 54.4 Å². The van der Waals surface area contributed by atoms with E-state index >= 15 is 0 Å². The number of rotatable bonds is 24. The molecule has 0 spiro atoms. The van der Waals surface area contributed by atoms with Gasteiger partial charge in [0.2, 0.25) is 23.4 Å². The predicted molar refractivity (Wildman–Crippen MR) is 272 cm³/mol. The second kappa shape index (κ2) is 23.9. The van der Waals surface area contributed by atoms with Gasteiger partial charge in [-0.25, -0.2) is 4.79 Å². The summed E-state index contributed by atoms with van der Waals surface area (Å²) in [5.41, 5.74) is 2.36. The molecule has 2 aliphatic heterocycles. The van der Waals surface area contributed by atoms with Gasteiger partial charge in [0.1, 0.15) is 12.1 Å². The van der Waals surface area contributed by atoms with E-state index in [1.807, 2.05) is 66.7 Å². The van der Waals surface area contributed by atoms with Crippen LogP contribution in [-0.2, 0) is 50.2 Å². The standard InChI is InChI=1S/C51H76N6O11S2/c1-48(2,3)46(60)54-30-18-28-52-44(58)22-13-11-15-32-56-40-26-24-36(69(62,63)64)34-38(40)50(7,8)42(56)20-17-21-43-51(9,10)39-35-37(70(65,66)67)25-27-41(39)57(43)33-16-12-14-23-45(59)53-29-19-31-55-47(61)68-49(4,5)6/h17,20-21,24-27,34-35H,11-16,18-19,22-23,28-33H2,1-10H3,(H5-,52,53,54,55,58,59,60,61,62,63,64,65,66,67)/p+1. The summed E-state index contributed by atoms with van der Waals surface area (Å²) in [5.74, 6) is -0.177. The highest BCUT2D eigenvalue weighted by atomic mass is 32.2. The molecule has 0 radical (unpaired) electrons. The predicted octanol–water partition coefficient (Wildman–Crippen LogP) is 7.61. The maximum atomic E-state index is 12.6. The van der Waals surface area contributed by atoms with Gasteiger partial charge < -0.3 is 30.9 Å². The van der Waals surface area contributed by atoms with Crippen molar-refractivity contribution in [3.8, 4) is 0 Å². The molecular formula is C51H77N6O11S2+. The van der Waals surface area contributed by atoms with E-state index in [4.69, 9.17) is 4.74 Å². The number of hydrogen-bond donors (Lipinski definition) is 6. The van der Waals surface area contributed by atoms with Crippen molar-refractivity contribution in [1.29, 1.82) is 0 Å². The van der Waals surface area contributed by atoms with Gasteiger partial charge in [-0.15, -0.1) is 0 Å². The molecule has 4 amide bonds. The quantitative estimate of drug-likeness (QED) is 0.0338.